The summed E-state index contributed by atoms with van der Waals surface area (Å²) in [6.07, 6.45) is 1.61. The van der Waals surface area contributed by atoms with Gasteiger partial charge in [-0.05, 0) is 12.8 Å². The van der Waals surface area contributed by atoms with E-state index >= 15 is 0 Å². The van der Waals surface area contributed by atoms with Gasteiger partial charge in [0.25, 0.3) is 0 Å². The number of rotatable bonds is 1. The number of hydrogen-bond acceptors (Lipinski definition) is 2. The summed E-state index contributed by atoms with van der Waals surface area (Å²) in [5, 5.41) is 9.17. The molecule has 0 aromatic rings. The fourth-order valence-corrected chi connectivity index (χ4v) is 1.52. The van der Waals surface area contributed by atoms with E-state index in [4.69, 9.17) is 28.3 Å². The van der Waals surface area contributed by atoms with Crippen molar-refractivity contribution in [1.82, 2.24) is 4.90 Å². The second kappa shape index (κ2) is 3.77. The van der Waals surface area contributed by atoms with Gasteiger partial charge in [0.2, 0.25) is 0 Å². The van der Waals surface area contributed by atoms with E-state index in [2.05, 4.69) is 0 Å². The second-order valence-corrected chi connectivity index (χ2v) is 3.62. The first-order chi connectivity index (χ1) is 4.70. The van der Waals surface area contributed by atoms with Crippen LogP contribution in [-0.2, 0) is 0 Å². The second-order valence-electron chi connectivity index (χ2n) is 2.57. The smallest absolute Gasteiger partial charge is 0.160 e. The molecule has 0 spiro atoms. The van der Waals surface area contributed by atoms with Gasteiger partial charge >= 0.3 is 0 Å². The topological polar surface area (TPSA) is 23.5 Å². The van der Waals surface area contributed by atoms with Crippen LogP contribution >= 0.6 is 23.2 Å². The van der Waals surface area contributed by atoms with Gasteiger partial charge in [0.15, 0.2) is 4.96 Å². The normalized spacial score (nSPS) is 29.4. The summed E-state index contributed by atoms with van der Waals surface area (Å²) in [6.45, 7) is 1.51. The van der Waals surface area contributed by atoms with E-state index in [1.165, 1.54) is 0 Å². The summed E-state index contributed by atoms with van der Waals surface area (Å²) in [6, 6.07) is 0. The van der Waals surface area contributed by atoms with Crippen molar-refractivity contribution in [1.29, 1.82) is 0 Å². The van der Waals surface area contributed by atoms with Gasteiger partial charge in [0.1, 0.15) is 0 Å². The quantitative estimate of drug-likeness (QED) is 0.489. The Labute approximate surface area is 70.7 Å². The third kappa shape index (κ3) is 2.27. The minimum absolute atomic E-state index is 0.242. The molecule has 60 valence electrons. The molecule has 1 fully saturated rings. The Morgan fingerprint density at radius 1 is 1.50 bits per heavy atom. The predicted molar refractivity (Wildman–Crippen MR) is 42.3 cm³/mol. The highest BCUT2D eigenvalue weighted by Gasteiger charge is 2.21. The van der Waals surface area contributed by atoms with Crippen LogP contribution in [0, 0.1) is 0 Å². The Kier molecular flexibility index (Phi) is 3.24. The fraction of sp³-hybridized carbons (Fsp3) is 1.00. The van der Waals surface area contributed by atoms with Gasteiger partial charge < -0.3 is 5.11 Å². The van der Waals surface area contributed by atoms with E-state index in [1.54, 1.807) is 0 Å². The van der Waals surface area contributed by atoms with Gasteiger partial charge in [-0.3, -0.25) is 4.90 Å². The summed E-state index contributed by atoms with van der Waals surface area (Å²) in [5.41, 5.74) is 0. The Hall–Kier alpha value is 0.500. The lowest BCUT2D eigenvalue weighted by atomic mass is 10.1. The third-order valence-electron chi connectivity index (χ3n) is 1.70. The van der Waals surface area contributed by atoms with Crippen molar-refractivity contribution in [2.24, 2.45) is 0 Å². The molecule has 0 aliphatic carbocycles. The molecule has 0 radical (unpaired) electrons. The van der Waals surface area contributed by atoms with E-state index in [1.807, 2.05) is 4.90 Å². The van der Waals surface area contributed by atoms with Crippen LogP contribution in [0.5, 0.6) is 0 Å². The average Bonchev–Trinajstić information content (AvgIpc) is 1.88. The first-order valence-electron chi connectivity index (χ1n) is 3.40. The Bertz CT molecular complexity index is 110. The van der Waals surface area contributed by atoms with E-state index < -0.39 is 4.96 Å². The summed E-state index contributed by atoms with van der Waals surface area (Å²) in [7, 11) is 0. The van der Waals surface area contributed by atoms with Crippen LogP contribution in [0.1, 0.15) is 12.8 Å². The number of aliphatic hydroxyl groups is 1. The molecular formula is C6H11Cl2NO. The van der Waals surface area contributed by atoms with Crippen LogP contribution in [0.15, 0.2) is 0 Å². The molecule has 0 saturated carbocycles. The van der Waals surface area contributed by atoms with Gasteiger partial charge in [-0.15, -0.1) is 0 Å². The summed E-state index contributed by atoms with van der Waals surface area (Å²) < 4.78 is 0. The van der Waals surface area contributed by atoms with Crippen molar-refractivity contribution in [3.63, 3.8) is 0 Å². The highest BCUT2D eigenvalue weighted by Crippen LogP contribution is 2.16. The van der Waals surface area contributed by atoms with Crippen molar-refractivity contribution < 1.29 is 5.11 Å². The van der Waals surface area contributed by atoms with Crippen LogP contribution in [0.4, 0.5) is 0 Å². The molecule has 0 aromatic carbocycles. The molecule has 10 heavy (non-hydrogen) atoms. The zero-order valence-electron chi connectivity index (χ0n) is 5.63. The van der Waals surface area contributed by atoms with E-state index in [9.17, 15) is 0 Å². The minimum Gasteiger partial charge on any atom is -0.392 e. The molecule has 1 N–H and O–H groups in total. The SMILES string of the molecule is OC1CCCN(C(Cl)Cl)C1. The number of alkyl halides is 2. The summed E-state index contributed by atoms with van der Waals surface area (Å²) in [4.78, 5) is 1.40. The van der Waals surface area contributed by atoms with E-state index in [0.29, 0.717) is 6.54 Å². The Balaban J connectivity index is 2.32. The average molecular weight is 184 g/mol. The maximum Gasteiger partial charge on any atom is 0.160 e. The van der Waals surface area contributed by atoms with Crippen molar-refractivity contribution in [3.05, 3.63) is 0 Å². The number of likely N-dealkylation sites (tertiary alicyclic amines) is 1. The molecule has 1 aliphatic heterocycles. The predicted octanol–water partition coefficient (Wildman–Crippen LogP) is 1.20. The van der Waals surface area contributed by atoms with Crippen LogP contribution in [0.25, 0.3) is 0 Å². The number of piperidine rings is 1. The molecule has 1 rings (SSSR count). The van der Waals surface area contributed by atoms with Crippen molar-refractivity contribution >= 4 is 23.2 Å². The molecule has 1 heterocycles. The highest BCUT2D eigenvalue weighted by atomic mass is 35.5. The maximum atomic E-state index is 9.17. The molecule has 1 atom stereocenters. The van der Waals surface area contributed by atoms with Crippen LogP contribution < -0.4 is 0 Å². The summed E-state index contributed by atoms with van der Waals surface area (Å²) in [5.74, 6) is 0. The summed E-state index contributed by atoms with van der Waals surface area (Å²) >= 11 is 11.2. The third-order valence-corrected chi connectivity index (χ3v) is 2.26. The first-order valence-corrected chi connectivity index (χ1v) is 4.27. The fourth-order valence-electron chi connectivity index (χ4n) is 1.16. The number of halogens is 2. The zero-order valence-corrected chi connectivity index (χ0v) is 7.15. The molecule has 1 saturated heterocycles. The Morgan fingerprint density at radius 3 is 2.60 bits per heavy atom. The molecule has 1 unspecified atom stereocenters. The van der Waals surface area contributed by atoms with Crippen molar-refractivity contribution in [3.8, 4) is 0 Å². The molecule has 0 aromatic heterocycles. The lowest BCUT2D eigenvalue weighted by Gasteiger charge is -2.30. The van der Waals surface area contributed by atoms with Crippen LogP contribution in [0.3, 0.4) is 0 Å². The first kappa shape index (κ1) is 8.60. The molecule has 4 heteroatoms. The minimum atomic E-state index is -0.463. The lowest BCUT2D eigenvalue weighted by molar-refractivity contribution is 0.0751. The molecule has 0 bridgehead atoms. The van der Waals surface area contributed by atoms with Crippen molar-refractivity contribution in [2.45, 2.75) is 23.9 Å². The molecule has 1 aliphatic rings. The van der Waals surface area contributed by atoms with Gasteiger partial charge in [-0.25, -0.2) is 0 Å². The molecular weight excluding hydrogens is 173 g/mol. The number of nitrogens with zero attached hydrogens (tertiary/aromatic N) is 1. The van der Waals surface area contributed by atoms with Gasteiger partial charge in [0.05, 0.1) is 6.10 Å². The highest BCUT2D eigenvalue weighted by molar-refractivity contribution is 6.43. The van der Waals surface area contributed by atoms with Crippen LogP contribution in [0.2, 0.25) is 0 Å². The number of hydrogen-bond donors (Lipinski definition) is 1. The van der Waals surface area contributed by atoms with E-state index in [-0.39, 0.29) is 6.10 Å². The Morgan fingerprint density at radius 2 is 2.20 bits per heavy atom. The standard InChI is InChI=1S/C6H11Cl2NO/c7-6(8)9-3-1-2-5(10)4-9/h5-6,10H,1-4H2. The number of aliphatic hydroxyl groups excluding tert-OH is 1. The molecule has 2 nitrogen and oxygen atoms in total. The van der Waals surface area contributed by atoms with E-state index in [0.717, 1.165) is 19.4 Å². The zero-order chi connectivity index (χ0) is 7.56. The molecule has 0 amide bonds. The largest absolute Gasteiger partial charge is 0.392 e. The van der Waals surface area contributed by atoms with Gasteiger partial charge in [0, 0.05) is 13.1 Å². The van der Waals surface area contributed by atoms with Gasteiger partial charge in [-0.1, -0.05) is 23.2 Å². The lowest BCUT2D eigenvalue weighted by Crippen LogP contribution is -2.40. The van der Waals surface area contributed by atoms with Crippen LogP contribution in [-0.4, -0.2) is 34.2 Å². The number of β-amino-alcohol motifs (C(OH)–C–C–N with tert-alkyl or cyclic N) is 1. The monoisotopic (exact) mass is 183 g/mol. The maximum absolute atomic E-state index is 9.17. The van der Waals surface area contributed by atoms with Crippen molar-refractivity contribution in [2.75, 3.05) is 13.1 Å². The van der Waals surface area contributed by atoms with Gasteiger partial charge in [-0.2, -0.15) is 0 Å².